The number of nitrogens with one attached hydrogen (secondary N) is 2. The average Bonchev–Trinajstić information content (AvgIpc) is 2.88. The Bertz CT molecular complexity index is 1470. The Morgan fingerprint density at radius 3 is 2.31 bits per heavy atom. The summed E-state index contributed by atoms with van der Waals surface area (Å²) in [5, 5.41) is 15.9. The highest BCUT2D eigenvalue weighted by Gasteiger charge is 2.18. The number of ether oxygens (including phenoxy) is 1. The summed E-state index contributed by atoms with van der Waals surface area (Å²) in [7, 11) is 0. The molecule has 1 aromatic heterocycles. The van der Waals surface area contributed by atoms with E-state index >= 15 is 0 Å². The van der Waals surface area contributed by atoms with Crippen molar-refractivity contribution >= 4 is 28.3 Å². The van der Waals surface area contributed by atoms with Crippen LogP contribution in [0.2, 0.25) is 0 Å². The number of hydrogen-bond acceptors (Lipinski definition) is 7. The summed E-state index contributed by atoms with van der Waals surface area (Å²) in [6.07, 6.45) is 0. The number of nitro benzene ring substituents is 1. The van der Waals surface area contributed by atoms with E-state index in [-0.39, 0.29) is 29.2 Å². The van der Waals surface area contributed by atoms with Gasteiger partial charge in [-0.25, -0.2) is 4.68 Å². The van der Waals surface area contributed by atoms with E-state index in [0.29, 0.717) is 10.8 Å². The van der Waals surface area contributed by atoms with Crippen molar-refractivity contribution < 1.29 is 19.2 Å². The Kier molecular flexibility index (Phi) is 6.77. The molecule has 0 bridgehead atoms. The fourth-order valence-electron chi connectivity index (χ4n) is 3.36. The third kappa shape index (κ3) is 5.30. The maximum absolute atomic E-state index is 12.9. The number of nitro groups is 1. The standard InChI is InChI=1S/C24H19N5O6/c30-21(15-35-20-13-7-6-12-19(20)29(33)34)25-26-23(31)22-17-10-4-5-11-18(17)24(32)28(27-22)14-16-8-2-1-3-9-16/h1-13H,14-15H2,(H,25,30)(H,26,31). The number of aromatic nitrogens is 2. The summed E-state index contributed by atoms with van der Waals surface area (Å²) >= 11 is 0. The van der Waals surface area contributed by atoms with Crippen molar-refractivity contribution in [1.29, 1.82) is 0 Å². The maximum Gasteiger partial charge on any atom is 0.310 e. The van der Waals surface area contributed by atoms with Crippen LogP contribution in [0.4, 0.5) is 5.69 Å². The van der Waals surface area contributed by atoms with E-state index in [1.54, 1.807) is 24.3 Å². The van der Waals surface area contributed by atoms with Crippen LogP contribution in [-0.4, -0.2) is 33.1 Å². The fraction of sp³-hybridized carbons (Fsp3) is 0.0833. The molecule has 0 saturated carbocycles. The Hall–Kier alpha value is -5.06. The van der Waals surface area contributed by atoms with Crippen LogP contribution in [0, 0.1) is 10.1 Å². The van der Waals surface area contributed by atoms with Gasteiger partial charge in [-0.15, -0.1) is 0 Å². The van der Waals surface area contributed by atoms with E-state index in [1.165, 1.54) is 28.9 Å². The first-order valence-corrected chi connectivity index (χ1v) is 10.4. The molecule has 0 unspecified atom stereocenters. The Labute approximate surface area is 198 Å². The third-order valence-electron chi connectivity index (χ3n) is 4.99. The Morgan fingerprint density at radius 1 is 0.914 bits per heavy atom. The topological polar surface area (TPSA) is 145 Å². The number of para-hydroxylation sites is 2. The lowest BCUT2D eigenvalue weighted by Crippen LogP contribution is -2.44. The quantitative estimate of drug-likeness (QED) is 0.309. The van der Waals surface area contributed by atoms with E-state index in [1.807, 2.05) is 30.3 Å². The molecule has 2 amide bonds. The second-order valence-corrected chi connectivity index (χ2v) is 7.36. The predicted octanol–water partition coefficient (Wildman–Crippen LogP) is 2.19. The number of benzene rings is 3. The Morgan fingerprint density at radius 2 is 1.57 bits per heavy atom. The van der Waals surface area contributed by atoms with Gasteiger partial charge in [-0.2, -0.15) is 5.10 Å². The SMILES string of the molecule is O=C(COc1ccccc1[N+](=O)[O-])NNC(=O)c1nn(Cc2ccccc2)c(=O)c2ccccc12. The van der Waals surface area contributed by atoms with Gasteiger partial charge in [-0.05, 0) is 17.7 Å². The summed E-state index contributed by atoms with van der Waals surface area (Å²) in [4.78, 5) is 48.3. The van der Waals surface area contributed by atoms with Gasteiger partial charge in [-0.3, -0.25) is 35.3 Å². The van der Waals surface area contributed by atoms with Gasteiger partial charge in [-0.1, -0.05) is 60.7 Å². The molecule has 0 saturated heterocycles. The van der Waals surface area contributed by atoms with Crippen molar-refractivity contribution in [2.45, 2.75) is 6.54 Å². The van der Waals surface area contributed by atoms with Gasteiger partial charge in [0.05, 0.1) is 16.9 Å². The molecule has 3 aromatic carbocycles. The zero-order chi connectivity index (χ0) is 24.8. The molecule has 4 aromatic rings. The monoisotopic (exact) mass is 473 g/mol. The van der Waals surface area contributed by atoms with Crippen molar-refractivity contribution in [1.82, 2.24) is 20.6 Å². The number of carbonyl (C=O) groups excluding carboxylic acids is 2. The molecule has 1 heterocycles. The van der Waals surface area contributed by atoms with Gasteiger partial charge < -0.3 is 4.74 Å². The summed E-state index contributed by atoms with van der Waals surface area (Å²) in [6.45, 7) is -0.423. The highest BCUT2D eigenvalue weighted by atomic mass is 16.6. The smallest absolute Gasteiger partial charge is 0.310 e. The summed E-state index contributed by atoms with van der Waals surface area (Å²) in [5.74, 6) is -1.58. The van der Waals surface area contributed by atoms with Crippen LogP contribution in [0.1, 0.15) is 16.1 Å². The van der Waals surface area contributed by atoms with Gasteiger partial charge in [0.1, 0.15) is 0 Å². The van der Waals surface area contributed by atoms with E-state index in [2.05, 4.69) is 16.0 Å². The van der Waals surface area contributed by atoms with Crippen LogP contribution in [0.5, 0.6) is 5.75 Å². The van der Waals surface area contributed by atoms with Crippen molar-refractivity contribution in [2.75, 3.05) is 6.61 Å². The zero-order valence-electron chi connectivity index (χ0n) is 18.2. The van der Waals surface area contributed by atoms with E-state index in [0.717, 1.165) is 5.56 Å². The fourth-order valence-corrected chi connectivity index (χ4v) is 3.36. The molecule has 35 heavy (non-hydrogen) atoms. The number of amides is 2. The molecule has 0 aliphatic carbocycles. The van der Waals surface area contributed by atoms with Crippen LogP contribution in [-0.2, 0) is 11.3 Å². The van der Waals surface area contributed by atoms with Crippen LogP contribution in [0.25, 0.3) is 10.8 Å². The molecule has 11 nitrogen and oxygen atoms in total. The van der Waals surface area contributed by atoms with Crippen molar-refractivity contribution in [3.05, 3.63) is 111 Å². The van der Waals surface area contributed by atoms with Crippen LogP contribution in [0.3, 0.4) is 0 Å². The van der Waals surface area contributed by atoms with E-state index in [9.17, 15) is 24.5 Å². The van der Waals surface area contributed by atoms with Crippen LogP contribution in [0.15, 0.2) is 83.7 Å². The second kappa shape index (κ2) is 10.3. The van der Waals surface area contributed by atoms with Crippen LogP contribution >= 0.6 is 0 Å². The number of nitrogens with zero attached hydrogens (tertiary/aromatic N) is 3. The minimum absolute atomic E-state index is 0.0592. The van der Waals surface area contributed by atoms with Crippen molar-refractivity contribution in [2.24, 2.45) is 0 Å². The summed E-state index contributed by atoms with van der Waals surface area (Å²) in [6, 6.07) is 21.3. The van der Waals surface area contributed by atoms with Crippen molar-refractivity contribution in [3.63, 3.8) is 0 Å². The van der Waals surface area contributed by atoms with Gasteiger partial charge >= 0.3 is 5.69 Å². The second-order valence-electron chi connectivity index (χ2n) is 7.36. The lowest BCUT2D eigenvalue weighted by atomic mass is 10.1. The molecule has 0 fully saturated rings. The zero-order valence-corrected chi connectivity index (χ0v) is 18.2. The first-order valence-electron chi connectivity index (χ1n) is 10.4. The molecule has 0 atom stereocenters. The molecular formula is C24H19N5O6. The first kappa shape index (κ1) is 23.1. The van der Waals surface area contributed by atoms with Gasteiger partial charge in [0.15, 0.2) is 18.1 Å². The molecule has 11 heteroatoms. The largest absolute Gasteiger partial charge is 0.477 e. The van der Waals surface area contributed by atoms with Crippen molar-refractivity contribution in [3.8, 4) is 5.75 Å². The lowest BCUT2D eigenvalue weighted by Gasteiger charge is -2.12. The number of carbonyl (C=O) groups is 2. The lowest BCUT2D eigenvalue weighted by molar-refractivity contribution is -0.385. The van der Waals surface area contributed by atoms with E-state index in [4.69, 9.17) is 4.74 Å². The number of fused-ring (bicyclic) bond motifs is 1. The molecule has 2 N–H and O–H groups in total. The number of hydrogen-bond donors (Lipinski definition) is 2. The first-order chi connectivity index (χ1) is 16.9. The summed E-state index contributed by atoms with van der Waals surface area (Å²) in [5.41, 5.74) is 4.55. The maximum atomic E-state index is 12.9. The van der Waals surface area contributed by atoms with E-state index < -0.39 is 23.3 Å². The molecule has 0 spiro atoms. The molecule has 176 valence electrons. The molecular weight excluding hydrogens is 454 g/mol. The minimum Gasteiger partial charge on any atom is -0.477 e. The normalized spacial score (nSPS) is 10.5. The number of rotatable bonds is 7. The third-order valence-corrected chi connectivity index (χ3v) is 4.99. The molecule has 0 aliphatic rings. The highest BCUT2D eigenvalue weighted by Crippen LogP contribution is 2.25. The van der Waals surface area contributed by atoms with Gasteiger partial charge in [0, 0.05) is 11.5 Å². The predicted molar refractivity (Wildman–Crippen MR) is 126 cm³/mol. The number of hydrazine groups is 1. The molecule has 4 rings (SSSR count). The average molecular weight is 473 g/mol. The van der Waals surface area contributed by atoms with Gasteiger partial charge in [0.25, 0.3) is 17.4 Å². The minimum atomic E-state index is -0.751. The van der Waals surface area contributed by atoms with Crippen LogP contribution < -0.4 is 21.1 Å². The van der Waals surface area contributed by atoms with Gasteiger partial charge in [0.2, 0.25) is 0 Å². The summed E-state index contributed by atoms with van der Waals surface area (Å²) < 4.78 is 6.39. The molecule has 0 aliphatic heterocycles. The molecule has 0 radical (unpaired) electrons. The highest BCUT2D eigenvalue weighted by molar-refractivity contribution is 6.05. The Balaban J connectivity index is 1.49.